The molecule has 10 heteroatoms. The van der Waals surface area contributed by atoms with E-state index >= 15 is 0 Å². The molecule has 0 bridgehead atoms. The topological polar surface area (TPSA) is 143 Å². The molecule has 0 radical (unpaired) electrons. The third-order valence-corrected chi connectivity index (χ3v) is 4.30. The van der Waals surface area contributed by atoms with Gasteiger partial charge < -0.3 is 14.8 Å². The van der Waals surface area contributed by atoms with Gasteiger partial charge in [-0.3, -0.25) is 10.1 Å². The van der Waals surface area contributed by atoms with E-state index in [1.165, 1.54) is 7.05 Å². The summed E-state index contributed by atoms with van der Waals surface area (Å²) in [7, 11) is -2.97. The van der Waals surface area contributed by atoms with E-state index in [1.54, 1.807) is 0 Å². The predicted octanol–water partition coefficient (Wildman–Crippen LogP) is -0.404. The molecule has 3 amide bonds. The van der Waals surface area contributed by atoms with Crippen LogP contribution in [0, 0.1) is 0 Å². The summed E-state index contributed by atoms with van der Waals surface area (Å²) in [5, 5.41) is 10.3. The third-order valence-electron chi connectivity index (χ3n) is 2.37. The van der Waals surface area contributed by atoms with Crippen molar-refractivity contribution in [3.63, 3.8) is 0 Å². The van der Waals surface area contributed by atoms with Crippen molar-refractivity contribution in [2.75, 3.05) is 7.05 Å². The predicted molar refractivity (Wildman–Crippen MR) is 64.9 cm³/mol. The number of sulfone groups is 1. The van der Waals surface area contributed by atoms with E-state index in [4.69, 9.17) is 5.11 Å². The minimum atomic E-state index is -4.23. The Hall–Kier alpha value is -2.36. The molecule has 1 unspecified atom stereocenters. The number of aromatic carboxylic acids is 1. The highest BCUT2D eigenvalue weighted by Crippen LogP contribution is 2.19. The number of imide groups is 1. The minimum absolute atomic E-state index is 0.567. The van der Waals surface area contributed by atoms with Crippen LogP contribution in [0.25, 0.3) is 0 Å². The fourth-order valence-electron chi connectivity index (χ4n) is 1.18. The SMILES string of the molecule is CNC(=O)NC(=O)C(C)S(=O)(=O)c1ccc(C(=O)O)o1. The molecule has 0 saturated heterocycles. The second-order valence-corrected chi connectivity index (χ2v) is 5.88. The van der Waals surface area contributed by atoms with E-state index in [2.05, 4.69) is 9.73 Å². The van der Waals surface area contributed by atoms with Crippen LogP contribution in [-0.2, 0) is 14.6 Å². The van der Waals surface area contributed by atoms with Gasteiger partial charge in [-0.05, 0) is 19.1 Å². The zero-order valence-corrected chi connectivity index (χ0v) is 11.4. The van der Waals surface area contributed by atoms with Gasteiger partial charge in [-0.2, -0.15) is 0 Å². The maximum atomic E-state index is 12.0. The van der Waals surface area contributed by atoms with E-state index in [0.717, 1.165) is 19.1 Å². The van der Waals surface area contributed by atoms with Crippen molar-refractivity contribution < 1.29 is 32.3 Å². The quantitative estimate of drug-likeness (QED) is 0.686. The number of carboxylic acid groups (broad SMARTS) is 1. The zero-order chi connectivity index (χ0) is 15.5. The van der Waals surface area contributed by atoms with Crippen LogP contribution in [0.5, 0.6) is 0 Å². The molecule has 0 aliphatic rings. The molecule has 110 valence electrons. The van der Waals surface area contributed by atoms with Crippen molar-refractivity contribution in [3.05, 3.63) is 17.9 Å². The Morgan fingerprint density at radius 1 is 1.30 bits per heavy atom. The lowest BCUT2D eigenvalue weighted by atomic mass is 10.4. The summed E-state index contributed by atoms with van der Waals surface area (Å²) >= 11 is 0. The molecule has 0 aliphatic carbocycles. The van der Waals surface area contributed by atoms with Crippen LogP contribution in [0.3, 0.4) is 0 Å². The molecule has 1 aromatic rings. The van der Waals surface area contributed by atoms with Gasteiger partial charge >= 0.3 is 12.0 Å². The first kappa shape index (κ1) is 15.7. The number of furan rings is 1. The van der Waals surface area contributed by atoms with Gasteiger partial charge in [-0.15, -0.1) is 0 Å². The summed E-state index contributed by atoms with van der Waals surface area (Å²) < 4.78 is 28.6. The molecule has 9 nitrogen and oxygen atoms in total. The van der Waals surface area contributed by atoms with Crippen LogP contribution in [0.2, 0.25) is 0 Å². The first-order valence-corrected chi connectivity index (χ1v) is 6.84. The average molecular weight is 304 g/mol. The number of urea groups is 1. The third kappa shape index (κ3) is 3.15. The molecule has 0 fully saturated rings. The summed E-state index contributed by atoms with van der Waals surface area (Å²) in [5.41, 5.74) is 0. The van der Waals surface area contributed by atoms with E-state index in [-0.39, 0.29) is 0 Å². The van der Waals surface area contributed by atoms with Gasteiger partial charge in [0.2, 0.25) is 26.6 Å². The molecule has 20 heavy (non-hydrogen) atoms. The normalized spacial score (nSPS) is 12.5. The number of carboxylic acids is 1. The van der Waals surface area contributed by atoms with Crippen molar-refractivity contribution in [1.29, 1.82) is 0 Å². The summed E-state index contributed by atoms with van der Waals surface area (Å²) in [6.45, 7) is 1.05. The number of nitrogens with one attached hydrogen (secondary N) is 2. The fraction of sp³-hybridized carbons (Fsp3) is 0.300. The molecule has 0 spiro atoms. The highest BCUT2D eigenvalue weighted by atomic mass is 32.2. The second-order valence-electron chi connectivity index (χ2n) is 3.68. The lowest BCUT2D eigenvalue weighted by Gasteiger charge is -2.10. The van der Waals surface area contributed by atoms with Crippen LogP contribution in [-0.4, -0.2) is 43.7 Å². The first-order valence-electron chi connectivity index (χ1n) is 5.29. The number of hydrogen-bond acceptors (Lipinski definition) is 6. The van der Waals surface area contributed by atoms with Crippen molar-refractivity contribution in [2.24, 2.45) is 0 Å². The van der Waals surface area contributed by atoms with Gasteiger partial charge in [-0.25, -0.2) is 18.0 Å². The van der Waals surface area contributed by atoms with Gasteiger partial charge in [0.1, 0.15) is 5.25 Å². The van der Waals surface area contributed by atoms with E-state index in [0.29, 0.717) is 0 Å². The molecule has 1 aromatic heterocycles. The molecule has 1 atom stereocenters. The van der Waals surface area contributed by atoms with Gasteiger partial charge in [0.25, 0.3) is 0 Å². The Balaban J connectivity index is 3.00. The van der Waals surface area contributed by atoms with Gasteiger partial charge in [0.15, 0.2) is 0 Å². The van der Waals surface area contributed by atoms with E-state index < -0.39 is 43.8 Å². The van der Waals surface area contributed by atoms with Crippen molar-refractivity contribution in [3.8, 4) is 0 Å². The fourth-order valence-corrected chi connectivity index (χ4v) is 2.33. The highest BCUT2D eigenvalue weighted by Gasteiger charge is 2.33. The molecule has 1 heterocycles. The van der Waals surface area contributed by atoms with Crippen LogP contribution in [0.1, 0.15) is 17.5 Å². The van der Waals surface area contributed by atoms with Crippen molar-refractivity contribution in [1.82, 2.24) is 10.6 Å². The Labute approximate surface area is 113 Å². The summed E-state index contributed by atoms with van der Waals surface area (Å²) in [6, 6.07) is 1.03. The molecule has 0 aromatic carbocycles. The van der Waals surface area contributed by atoms with Gasteiger partial charge in [0.05, 0.1) is 0 Å². The molecular formula is C10H12N2O7S. The standard InChI is InChI=1S/C10H12N2O7S/c1-5(8(13)12-10(16)11-2)20(17,18)7-4-3-6(19-7)9(14)15/h3-5H,1-2H3,(H,14,15)(H2,11,12,13,16). The Bertz CT molecular complexity index is 646. The van der Waals surface area contributed by atoms with E-state index in [1.807, 2.05) is 5.32 Å². The number of hydrogen-bond donors (Lipinski definition) is 3. The summed E-state index contributed by atoms with van der Waals surface area (Å²) in [4.78, 5) is 33.1. The molecule has 0 aliphatic heterocycles. The lowest BCUT2D eigenvalue weighted by molar-refractivity contribution is -0.119. The van der Waals surface area contributed by atoms with Crippen molar-refractivity contribution in [2.45, 2.75) is 17.3 Å². The molecule has 3 N–H and O–H groups in total. The van der Waals surface area contributed by atoms with Crippen LogP contribution in [0.4, 0.5) is 4.79 Å². The zero-order valence-electron chi connectivity index (χ0n) is 10.5. The smallest absolute Gasteiger partial charge is 0.371 e. The largest absolute Gasteiger partial charge is 0.475 e. The number of rotatable bonds is 4. The maximum absolute atomic E-state index is 12.0. The number of amides is 3. The summed E-state index contributed by atoms with van der Waals surface area (Å²) in [5.74, 6) is -3.06. The van der Waals surface area contributed by atoms with E-state index in [9.17, 15) is 22.8 Å². The molecule has 1 rings (SSSR count). The average Bonchev–Trinajstić information content (AvgIpc) is 2.87. The Morgan fingerprint density at radius 2 is 1.90 bits per heavy atom. The van der Waals surface area contributed by atoms with Gasteiger partial charge in [-0.1, -0.05) is 0 Å². The second kappa shape index (κ2) is 5.74. The minimum Gasteiger partial charge on any atom is -0.475 e. The van der Waals surface area contributed by atoms with Crippen LogP contribution >= 0.6 is 0 Å². The Morgan fingerprint density at radius 3 is 2.35 bits per heavy atom. The number of carbonyl (C=O) groups is 3. The Kier molecular flexibility index (Phi) is 4.50. The van der Waals surface area contributed by atoms with Gasteiger partial charge in [0, 0.05) is 7.05 Å². The monoisotopic (exact) mass is 304 g/mol. The van der Waals surface area contributed by atoms with Crippen LogP contribution < -0.4 is 10.6 Å². The molecular weight excluding hydrogens is 292 g/mol. The van der Waals surface area contributed by atoms with Crippen molar-refractivity contribution >= 4 is 27.7 Å². The first-order chi connectivity index (χ1) is 9.20. The molecule has 0 saturated carbocycles. The highest BCUT2D eigenvalue weighted by molar-refractivity contribution is 7.92. The summed E-state index contributed by atoms with van der Waals surface area (Å²) in [6.07, 6.45) is 0. The van der Waals surface area contributed by atoms with Crippen LogP contribution in [0.15, 0.2) is 21.6 Å². The lowest BCUT2D eigenvalue weighted by Crippen LogP contribution is -2.44. The maximum Gasteiger partial charge on any atom is 0.371 e. The number of carbonyl (C=O) groups excluding carboxylic acids is 2.